The molecule has 5 nitrogen and oxygen atoms in total. The first-order valence-corrected chi connectivity index (χ1v) is 42.7. The quantitative estimate of drug-likeness (QED) is 0.134. The normalized spacial score (nSPS) is 13.9. The summed E-state index contributed by atoms with van der Waals surface area (Å²) < 4.78 is 56.4. The maximum absolute atomic E-state index is 10.2. The molecule has 2 aliphatic rings. The number of para-hydroxylation sites is 3. The van der Waals surface area contributed by atoms with Crippen molar-refractivity contribution in [1.29, 1.82) is 0 Å². The topological polar surface area (TPSA) is 21.3 Å². The van der Waals surface area contributed by atoms with Crippen molar-refractivity contribution >= 4 is 123 Å². The molecule has 0 unspecified atom stereocenters. The van der Waals surface area contributed by atoms with Gasteiger partial charge in [0.2, 0.25) is 0 Å². The van der Waals surface area contributed by atoms with E-state index in [-0.39, 0.29) is 50.1 Å². The van der Waals surface area contributed by atoms with E-state index in [0.717, 1.165) is 145 Å². The zero-order chi connectivity index (χ0) is 87.5. The Morgan fingerprint density at radius 1 is 0.225 bits per heavy atom. The molecule has 2 aliphatic heterocycles. The van der Waals surface area contributed by atoms with Crippen LogP contribution in [0.15, 0.2) is 315 Å². The second kappa shape index (κ2) is 27.5. The molecule has 5 heterocycles. The highest BCUT2D eigenvalue weighted by atomic mass is 15.2. The summed E-state index contributed by atoms with van der Waals surface area (Å²) in [5.74, 6) is 0. The van der Waals surface area contributed by atoms with Gasteiger partial charge in [-0.3, -0.25) is 0 Å². The van der Waals surface area contributed by atoms with Crippen molar-refractivity contribution in [3.05, 3.63) is 349 Å². The molecule has 0 bridgehead atoms. The van der Waals surface area contributed by atoms with Gasteiger partial charge in [-0.1, -0.05) is 319 Å². The molecular weight excluding hydrogens is 1450 g/mol. The van der Waals surface area contributed by atoms with Crippen LogP contribution in [0, 0.1) is 0 Å². The molecule has 3 aromatic heterocycles. The number of nitrogens with zero attached hydrogens (tertiary/aromatic N) is 5. The van der Waals surface area contributed by atoms with Gasteiger partial charge in [0.1, 0.15) is 0 Å². The molecule has 20 rings (SSSR count). The Balaban J connectivity index is 0.958. The highest BCUT2D eigenvalue weighted by Crippen LogP contribution is 2.53. The molecule has 590 valence electrons. The van der Waals surface area contributed by atoms with Crippen LogP contribution in [0.2, 0.25) is 0 Å². The molecule has 15 aromatic carbocycles. The van der Waals surface area contributed by atoms with Crippen LogP contribution in [-0.4, -0.2) is 20.4 Å². The van der Waals surface area contributed by atoms with Gasteiger partial charge in [0, 0.05) is 72.1 Å². The molecule has 0 saturated carbocycles. The van der Waals surface area contributed by atoms with Gasteiger partial charge in [0.25, 0.3) is 6.71 Å². The van der Waals surface area contributed by atoms with E-state index < -0.39 is 24.8 Å². The van der Waals surface area contributed by atoms with Crippen molar-refractivity contribution in [3.8, 4) is 61.6 Å². The first-order valence-electron chi connectivity index (χ1n) is 45.2. The molecule has 0 fully saturated rings. The third-order valence-corrected chi connectivity index (χ3v) is 25.7. The highest BCUT2D eigenvalue weighted by Gasteiger charge is 2.45. The minimum absolute atomic E-state index is 0.105. The van der Waals surface area contributed by atoms with Gasteiger partial charge < -0.3 is 23.5 Å². The number of rotatable bonds is 9. The number of anilines is 6. The summed E-state index contributed by atoms with van der Waals surface area (Å²) >= 11 is 0. The minimum atomic E-state index is -0.466. The number of hydrogen-bond acceptors (Lipinski definition) is 2. The summed E-state index contributed by atoms with van der Waals surface area (Å²) in [5.41, 5.74) is 31.3. The Kier molecular flexibility index (Phi) is 16.1. The summed E-state index contributed by atoms with van der Waals surface area (Å²) in [6.07, 6.45) is 0. The van der Waals surface area contributed by atoms with Crippen LogP contribution < -0.4 is 26.2 Å². The van der Waals surface area contributed by atoms with Crippen LogP contribution in [-0.2, 0) is 32.5 Å². The van der Waals surface area contributed by atoms with E-state index in [0.29, 0.717) is 5.56 Å². The van der Waals surface area contributed by atoms with E-state index in [9.17, 15) is 6.85 Å². The molecule has 6 heteroatoms. The van der Waals surface area contributed by atoms with E-state index in [4.69, 9.17) is 0 Å². The number of fused-ring (bicyclic) bond motifs is 13. The monoisotopic (exact) mass is 1560 g/mol. The van der Waals surface area contributed by atoms with Crippen LogP contribution in [0.5, 0.6) is 0 Å². The molecule has 18 aromatic rings. The van der Waals surface area contributed by atoms with Gasteiger partial charge in [-0.25, -0.2) is 0 Å². The van der Waals surface area contributed by atoms with Crippen LogP contribution >= 0.6 is 0 Å². The van der Waals surface area contributed by atoms with Gasteiger partial charge in [-0.05, 0) is 248 Å². The van der Waals surface area contributed by atoms with E-state index in [1.807, 2.05) is 0 Å². The van der Waals surface area contributed by atoms with Crippen molar-refractivity contribution < 1.29 is 6.85 Å². The van der Waals surface area contributed by atoms with Gasteiger partial charge in [-0.15, -0.1) is 0 Å². The SMILES string of the molecule is [2H]c1c([2H])c([2H])c(-c2cc3c4c(c2)N(c2cccc5c6cccc(-n7c8ccc(C(C)(C)C)cc8c8cc(C(C)(C)C)ccc87)c6n(-c6ccccc6)c25)c2cc(-c5cc(C(C)(C)C)cc(C(C)(C)C)c5)ccc2B4c2ccc(-n4c5ccc(C(C)(C)C)cc5c5cc(C(C)(C)C)ccc54)cc2N3c2cc(-c3ccccc3)cc(-c3ccccc3)c2)c([2H])c1[2H]. The highest BCUT2D eigenvalue weighted by molar-refractivity contribution is 7.00. The largest absolute Gasteiger partial charge is 0.311 e. The van der Waals surface area contributed by atoms with Crippen molar-refractivity contribution in [3.63, 3.8) is 0 Å². The van der Waals surface area contributed by atoms with Crippen LogP contribution in [0.4, 0.5) is 34.1 Å². The van der Waals surface area contributed by atoms with Crippen molar-refractivity contribution in [2.75, 3.05) is 9.80 Å². The molecular formula is C114H106BN5. The lowest BCUT2D eigenvalue weighted by Crippen LogP contribution is -2.61. The Morgan fingerprint density at radius 2 is 0.625 bits per heavy atom. The Bertz CT molecular complexity index is 7270. The second-order valence-corrected chi connectivity index (χ2v) is 40.0. The average Bonchev–Trinajstić information content (AvgIpc) is 1.65. The van der Waals surface area contributed by atoms with Gasteiger partial charge in [0.15, 0.2) is 0 Å². The van der Waals surface area contributed by atoms with E-state index in [1.165, 1.54) is 54.9 Å². The third kappa shape index (κ3) is 12.6. The summed E-state index contributed by atoms with van der Waals surface area (Å²) in [6.45, 7) is 41.0. The standard InChI is InChI=1S/C114H106BN5/c1-109(2,3)79-46-53-96-90(66-79)91-67-80(110(4,5)6)47-54-97(91)116(96)86-50-52-95-103(70-86)117(87-60-75(71-33-23-19-24-34-71)57-76(61-87)72-35-25-20-26-36-72)104-63-78(73-37-27-21-28-38-73)64-105-106(104)115(95)94-51-45-74(77-58-83(113(13,14)15)65-84(59-77)114(16,17)18)62-102(94)120(105)101-44-32-42-89-88-41-31-43-100(107(88)118(108(89)101)85-39-29-22-30-40-85)119-98-55-48-81(111(7,8)9)68-92(98)93-69-82(112(10,11)12)49-56-99(93)119/h19-70H,1-18H3/i21D,27D,28D,37D,38D. The Morgan fingerprint density at radius 3 is 1.10 bits per heavy atom. The van der Waals surface area contributed by atoms with E-state index >= 15 is 0 Å². The van der Waals surface area contributed by atoms with Crippen LogP contribution in [0.3, 0.4) is 0 Å². The lowest BCUT2D eigenvalue weighted by Gasteiger charge is -2.45. The zero-order valence-electron chi connectivity index (χ0n) is 77.4. The summed E-state index contributed by atoms with van der Waals surface area (Å²) in [6, 6.07) is 105. The fraction of sp³-hybridized carbons (Fsp3) is 0.211. The van der Waals surface area contributed by atoms with Gasteiger partial charge in [-0.2, -0.15) is 0 Å². The number of benzene rings is 15. The molecule has 0 spiro atoms. The zero-order valence-corrected chi connectivity index (χ0v) is 72.4. The molecule has 0 saturated heterocycles. The molecule has 0 aliphatic carbocycles. The first-order chi connectivity index (χ1) is 59.4. The molecule has 0 N–H and O–H groups in total. The first kappa shape index (κ1) is 70.4. The predicted molar refractivity (Wildman–Crippen MR) is 517 cm³/mol. The van der Waals surface area contributed by atoms with Crippen LogP contribution in [0.25, 0.3) is 127 Å². The molecule has 0 radical (unpaired) electrons. The smallest absolute Gasteiger partial charge is 0.252 e. The van der Waals surface area contributed by atoms with Gasteiger partial charge >= 0.3 is 0 Å². The predicted octanol–water partition coefficient (Wildman–Crippen LogP) is 29.5. The van der Waals surface area contributed by atoms with Crippen molar-refractivity contribution in [2.45, 2.75) is 157 Å². The Labute approximate surface area is 716 Å². The maximum Gasteiger partial charge on any atom is 0.252 e. The summed E-state index contributed by atoms with van der Waals surface area (Å²) in [5, 5.41) is 6.87. The maximum atomic E-state index is 10.2. The summed E-state index contributed by atoms with van der Waals surface area (Å²) in [4.78, 5) is 4.95. The van der Waals surface area contributed by atoms with Crippen molar-refractivity contribution in [1.82, 2.24) is 13.7 Å². The van der Waals surface area contributed by atoms with Crippen molar-refractivity contribution in [2.24, 2.45) is 0 Å². The number of aromatic nitrogens is 3. The number of hydrogen-bond donors (Lipinski definition) is 0. The minimum Gasteiger partial charge on any atom is -0.311 e. The van der Waals surface area contributed by atoms with Gasteiger partial charge in [0.05, 0.1) is 51.3 Å². The fourth-order valence-corrected chi connectivity index (χ4v) is 19.1. The van der Waals surface area contributed by atoms with E-state index in [2.05, 4.69) is 433 Å². The fourth-order valence-electron chi connectivity index (χ4n) is 19.1. The lowest BCUT2D eigenvalue weighted by atomic mass is 9.33. The second-order valence-electron chi connectivity index (χ2n) is 40.0. The molecule has 0 atom stereocenters. The molecule has 0 amide bonds. The lowest BCUT2D eigenvalue weighted by molar-refractivity contribution is 0.569. The summed E-state index contributed by atoms with van der Waals surface area (Å²) in [7, 11) is 0. The Hall–Kier alpha value is -12.6. The van der Waals surface area contributed by atoms with E-state index in [1.54, 1.807) is 0 Å². The van der Waals surface area contributed by atoms with Crippen LogP contribution in [0.1, 0.15) is 165 Å². The average molecular weight is 1560 g/mol. The third-order valence-electron chi connectivity index (χ3n) is 25.7. The molecule has 120 heavy (non-hydrogen) atoms.